The van der Waals surface area contributed by atoms with Gasteiger partial charge in [-0.2, -0.15) is 0 Å². The van der Waals surface area contributed by atoms with Crippen LogP contribution in [0.3, 0.4) is 0 Å². The fourth-order valence-electron chi connectivity index (χ4n) is 2.12. The van der Waals surface area contributed by atoms with Gasteiger partial charge in [-0.05, 0) is 25.0 Å². The van der Waals surface area contributed by atoms with E-state index >= 15 is 0 Å². The first-order chi connectivity index (χ1) is 9.79. The van der Waals surface area contributed by atoms with Crippen molar-refractivity contribution in [3.8, 4) is 5.75 Å². The second kappa shape index (κ2) is 7.87. The lowest BCUT2D eigenvalue weighted by molar-refractivity contribution is -0.117. The maximum atomic E-state index is 11.8. The van der Waals surface area contributed by atoms with Gasteiger partial charge >= 0.3 is 0 Å². The Hall–Kier alpha value is -1.59. The molecule has 0 aromatic heterocycles. The Morgan fingerprint density at radius 2 is 2.30 bits per heavy atom. The standard InChI is InChI=1S/C15H21NO4/c1-18-14-7-3-2-6-13(14)16-15(17)8-10-19-11-12-5-4-9-20-12/h2-3,6-7,12H,4-5,8-11H2,1H3,(H,16,17). The lowest BCUT2D eigenvalue weighted by Gasteiger charge is -2.11. The van der Waals surface area contributed by atoms with Crippen molar-refractivity contribution in [2.45, 2.75) is 25.4 Å². The number of nitrogens with one attached hydrogen (secondary N) is 1. The first-order valence-corrected chi connectivity index (χ1v) is 6.92. The molecular formula is C15H21NO4. The molecule has 0 aliphatic carbocycles. The van der Waals surface area contributed by atoms with E-state index in [4.69, 9.17) is 14.2 Å². The predicted octanol–water partition coefficient (Wildman–Crippen LogP) is 2.22. The minimum atomic E-state index is -0.0816. The second-order valence-electron chi connectivity index (χ2n) is 4.71. The summed E-state index contributed by atoms with van der Waals surface area (Å²) in [6.07, 6.45) is 2.67. The molecule has 5 nitrogen and oxygen atoms in total. The minimum Gasteiger partial charge on any atom is -0.495 e. The molecule has 110 valence electrons. The summed E-state index contributed by atoms with van der Waals surface area (Å²) in [4.78, 5) is 11.8. The summed E-state index contributed by atoms with van der Waals surface area (Å²) in [6, 6.07) is 7.33. The zero-order valence-electron chi connectivity index (χ0n) is 11.8. The normalized spacial score (nSPS) is 17.9. The van der Waals surface area contributed by atoms with Crippen LogP contribution in [0.1, 0.15) is 19.3 Å². The molecule has 1 fully saturated rings. The van der Waals surface area contributed by atoms with E-state index in [2.05, 4.69) is 5.32 Å². The van der Waals surface area contributed by atoms with Crippen LogP contribution in [-0.2, 0) is 14.3 Å². The highest BCUT2D eigenvalue weighted by atomic mass is 16.5. The number of amides is 1. The van der Waals surface area contributed by atoms with Gasteiger partial charge in [-0.25, -0.2) is 0 Å². The van der Waals surface area contributed by atoms with Gasteiger partial charge in [0, 0.05) is 6.61 Å². The van der Waals surface area contributed by atoms with Gasteiger partial charge in [0.2, 0.25) is 5.91 Å². The summed E-state index contributed by atoms with van der Waals surface area (Å²) in [5, 5.41) is 2.81. The molecule has 1 N–H and O–H groups in total. The predicted molar refractivity (Wildman–Crippen MR) is 76.0 cm³/mol. The fourth-order valence-corrected chi connectivity index (χ4v) is 2.12. The molecule has 5 heteroatoms. The summed E-state index contributed by atoms with van der Waals surface area (Å²) in [6.45, 7) is 1.80. The molecule has 0 saturated carbocycles. The SMILES string of the molecule is COc1ccccc1NC(=O)CCOCC1CCCO1. The first kappa shape index (κ1) is 14.8. The van der Waals surface area contributed by atoms with Crippen LogP contribution in [0.5, 0.6) is 5.75 Å². The summed E-state index contributed by atoms with van der Waals surface area (Å²) < 4.78 is 16.1. The molecule has 0 spiro atoms. The molecule has 1 unspecified atom stereocenters. The van der Waals surface area contributed by atoms with Gasteiger partial charge in [0.05, 0.1) is 38.5 Å². The van der Waals surface area contributed by atoms with Gasteiger partial charge in [0.25, 0.3) is 0 Å². The van der Waals surface area contributed by atoms with E-state index < -0.39 is 0 Å². The van der Waals surface area contributed by atoms with Crippen molar-refractivity contribution in [2.75, 3.05) is 32.2 Å². The maximum Gasteiger partial charge on any atom is 0.226 e. The summed E-state index contributed by atoms with van der Waals surface area (Å²) in [5.74, 6) is 0.572. The Bertz CT molecular complexity index is 430. The molecule has 1 aromatic carbocycles. The number of rotatable bonds is 7. The minimum absolute atomic E-state index is 0.0816. The van der Waals surface area contributed by atoms with Crippen molar-refractivity contribution in [2.24, 2.45) is 0 Å². The van der Waals surface area contributed by atoms with Crippen LogP contribution in [0.2, 0.25) is 0 Å². The zero-order valence-corrected chi connectivity index (χ0v) is 11.8. The van der Waals surface area contributed by atoms with E-state index in [1.54, 1.807) is 7.11 Å². The average molecular weight is 279 g/mol. The number of ether oxygens (including phenoxy) is 3. The number of carbonyl (C=O) groups is 1. The van der Waals surface area contributed by atoms with Crippen molar-refractivity contribution in [3.05, 3.63) is 24.3 Å². The molecule has 1 aliphatic heterocycles. The lowest BCUT2D eigenvalue weighted by Crippen LogP contribution is -2.18. The smallest absolute Gasteiger partial charge is 0.226 e. The molecule has 0 radical (unpaired) electrons. The number of carbonyl (C=O) groups excluding carboxylic acids is 1. The molecule has 20 heavy (non-hydrogen) atoms. The Balaban J connectivity index is 1.67. The van der Waals surface area contributed by atoms with Gasteiger partial charge in [-0.3, -0.25) is 4.79 Å². The van der Waals surface area contributed by atoms with Gasteiger partial charge in [0.1, 0.15) is 5.75 Å². The average Bonchev–Trinajstić information content (AvgIpc) is 2.97. The number of hydrogen-bond donors (Lipinski definition) is 1. The maximum absolute atomic E-state index is 11.8. The highest BCUT2D eigenvalue weighted by Crippen LogP contribution is 2.23. The molecule has 1 saturated heterocycles. The third-order valence-electron chi connectivity index (χ3n) is 3.18. The van der Waals surface area contributed by atoms with E-state index in [0.29, 0.717) is 31.1 Å². The molecule has 1 heterocycles. The van der Waals surface area contributed by atoms with E-state index in [9.17, 15) is 4.79 Å². The molecule has 0 bridgehead atoms. The Kier molecular flexibility index (Phi) is 5.83. The lowest BCUT2D eigenvalue weighted by atomic mass is 10.2. The van der Waals surface area contributed by atoms with Gasteiger partial charge in [-0.1, -0.05) is 12.1 Å². The van der Waals surface area contributed by atoms with Gasteiger partial charge in [-0.15, -0.1) is 0 Å². The fraction of sp³-hybridized carbons (Fsp3) is 0.533. The zero-order chi connectivity index (χ0) is 14.2. The first-order valence-electron chi connectivity index (χ1n) is 6.92. The molecule has 1 aromatic rings. The van der Waals surface area contributed by atoms with Crippen LogP contribution in [0, 0.1) is 0 Å². The van der Waals surface area contributed by atoms with Gasteiger partial charge < -0.3 is 19.5 Å². The number of benzene rings is 1. The van der Waals surface area contributed by atoms with Crippen LogP contribution in [-0.4, -0.2) is 38.9 Å². The van der Waals surface area contributed by atoms with E-state index in [0.717, 1.165) is 19.4 Å². The highest BCUT2D eigenvalue weighted by molar-refractivity contribution is 5.92. The van der Waals surface area contributed by atoms with Crippen LogP contribution in [0.25, 0.3) is 0 Å². The highest BCUT2D eigenvalue weighted by Gasteiger charge is 2.15. The number of methoxy groups -OCH3 is 1. The van der Waals surface area contributed by atoms with Crippen molar-refractivity contribution in [3.63, 3.8) is 0 Å². The number of para-hydroxylation sites is 2. The molecule has 2 rings (SSSR count). The van der Waals surface area contributed by atoms with Crippen molar-refractivity contribution < 1.29 is 19.0 Å². The Morgan fingerprint density at radius 3 is 3.05 bits per heavy atom. The molecule has 1 aliphatic rings. The topological polar surface area (TPSA) is 56.8 Å². The van der Waals surface area contributed by atoms with E-state index in [-0.39, 0.29) is 12.0 Å². The number of anilines is 1. The summed E-state index contributed by atoms with van der Waals surface area (Å²) in [5.41, 5.74) is 0.680. The molecular weight excluding hydrogens is 258 g/mol. The second-order valence-corrected chi connectivity index (χ2v) is 4.71. The van der Waals surface area contributed by atoms with Crippen LogP contribution < -0.4 is 10.1 Å². The van der Waals surface area contributed by atoms with E-state index in [1.165, 1.54) is 0 Å². The molecule has 1 amide bonds. The Morgan fingerprint density at radius 1 is 1.45 bits per heavy atom. The molecule has 1 atom stereocenters. The summed E-state index contributed by atoms with van der Waals surface area (Å²) >= 11 is 0. The quantitative estimate of drug-likeness (QED) is 0.778. The third kappa shape index (κ3) is 4.51. The van der Waals surface area contributed by atoms with Crippen molar-refractivity contribution in [1.82, 2.24) is 0 Å². The van der Waals surface area contributed by atoms with Crippen LogP contribution in [0.15, 0.2) is 24.3 Å². The number of hydrogen-bond acceptors (Lipinski definition) is 4. The van der Waals surface area contributed by atoms with Crippen LogP contribution >= 0.6 is 0 Å². The third-order valence-corrected chi connectivity index (χ3v) is 3.18. The van der Waals surface area contributed by atoms with Crippen molar-refractivity contribution in [1.29, 1.82) is 0 Å². The summed E-state index contributed by atoms with van der Waals surface area (Å²) in [7, 11) is 1.58. The van der Waals surface area contributed by atoms with Crippen molar-refractivity contribution >= 4 is 11.6 Å². The van der Waals surface area contributed by atoms with Crippen LogP contribution in [0.4, 0.5) is 5.69 Å². The monoisotopic (exact) mass is 279 g/mol. The largest absolute Gasteiger partial charge is 0.495 e. The Labute approximate surface area is 119 Å². The van der Waals surface area contributed by atoms with Gasteiger partial charge in [0.15, 0.2) is 0 Å². The van der Waals surface area contributed by atoms with E-state index in [1.807, 2.05) is 24.3 Å².